The molecule has 1 heterocycles. The molecular formula is C21H20FN3O5S. The molecule has 3 aromatic rings. The van der Waals surface area contributed by atoms with Crippen molar-refractivity contribution in [2.45, 2.75) is 13.0 Å². The first-order valence-corrected chi connectivity index (χ1v) is 10.0. The Morgan fingerprint density at radius 2 is 1.77 bits per heavy atom. The van der Waals surface area contributed by atoms with Crippen LogP contribution in [0, 0.1) is 5.82 Å². The van der Waals surface area contributed by atoms with Gasteiger partial charge in [-0.1, -0.05) is 18.2 Å². The van der Waals surface area contributed by atoms with Crippen LogP contribution in [0.15, 0.2) is 47.8 Å². The van der Waals surface area contributed by atoms with E-state index >= 15 is 0 Å². The van der Waals surface area contributed by atoms with Gasteiger partial charge < -0.3 is 14.2 Å². The first-order chi connectivity index (χ1) is 14.9. The van der Waals surface area contributed by atoms with Crippen LogP contribution in [0.25, 0.3) is 10.6 Å². The van der Waals surface area contributed by atoms with E-state index in [9.17, 15) is 14.0 Å². The molecule has 0 aliphatic carbocycles. The van der Waals surface area contributed by atoms with Gasteiger partial charge in [0.15, 0.2) is 29.2 Å². The number of ether oxygens (including phenoxy) is 3. The number of benzene rings is 2. The molecule has 3 rings (SSSR count). The molecule has 0 saturated heterocycles. The van der Waals surface area contributed by atoms with E-state index in [1.165, 1.54) is 50.7 Å². The summed E-state index contributed by atoms with van der Waals surface area (Å²) in [6, 6.07) is 11.1. The number of rotatable bonds is 7. The SMILES string of the molecule is COc1cccc(-c2nc(C(=O)NNC(=O)[C@H](C)Oc3ccccc3F)cs2)c1OC. The summed E-state index contributed by atoms with van der Waals surface area (Å²) in [6.07, 6.45) is -1.04. The van der Waals surface area contributed by atoms with Gasteiger partial charge >= 0.3 is 0 Å². The Morgan fingerprint density at radius 1 is 1.03 bits per heavy atom. The van der Waals surface area contributed by atoms with Crippen molar-refractivity contribution in [1.82, 2.24) is 15.8 Å². The van der Waals surface area contributed by atoms with E-state index in [1.54, 1.807) is 29.6 Å². The van der Waals surface area contributed by atoms with E-state index in [0.29, 0.717) is 22.1 Å². The summed E-state index contributed by atoms with van der Waals surface area (Å²) in [5.74, 6) is -0.879. The lowest BCUT2D eigenvalue weighted by molar-refractivity contribution is -0.128. The van der Waals surface area contributed by atoms with Crippen molar-refractivity contribution in [3.8, 4) is 27.8 Å². The molecule has 0 aliphatic heterocycles. The number of nitrogens with zero attached hydrogens (tertiary/aromatic N) is 1. The second-order valence-corrected chi connectivity index (χ2v) is 7.07. The van der Waals surface area contributed by atoms with Gasteiger partial charge in [0, 0.05) is 5.38 Å². The third kappa shape index (κ3) is 5.10. The van der Waals surface area contributed by atoms with E-state index in [-0.39, 0.29) is 11.4 Å². The number of hydrogen-bond acceptors (Lipinski definition) is 7. The van der Waals surface area contributed by atoms with E-state index in [1.807, 2.05) is 0 Å². The maximum Gasteiger partial charge on any atom is 0.289 e. The zero-order valence-corrected chi connectivity index (χ0v) is 17.8. The molecule has 0 saturated carbocycles. The average Bonchev–Trinajstić information content (AvgIpc) is 3.28. The third-order valence-corrected chi connectivity index (χ3v) is 5.05. The molecule has 1 atom stereocenters. The van der Waals surface area contributed by atoms with E-state index in [0.717, 1.165) is 0 Å². The Hall–Kier alpha value is -3.66. The molecule has 0 spiro atoms. The summed E-state index contributed by atoms with van der Waals surface area (Å²) in [4.78, 5) is 28.8. The summed E-state index contributed by atoms with van der Waals surface area (Å²) < 4.78 is 29.6. The lowest BCUT2D eigenvalue weighted by Crippen LogP contribution is -2.47. The van der Waals surface area contributed by atoms with Gasteiger partial charge in [0.1, 0.15) is 10.7 Å². The Balaban J connectivity index is 1.63. The van der Waals surface area contributed by atoms with Crippen molar-refractivity contribution in [2.75, 3.05) is 14.2 Å². The fourth-order valence-electron chi connectivity index (χ4n) is 2.63. The van der Waals surface area contributed by atoms with Crippen LogP contribution in [0.5, 0.6) is 17.2 Å². The van der Waals surface area contributed by atoms with Gasteiger partial charge in [-0.25, -0.2) is 9.37 Å². The van der Waals surface area contributed by atoms with Gasteiger partial charge in [0.05, 0.1) is 19.8 Å². The van der Waals surface area contributed by atoms with Crippen molar-refractivity contribution in [1.29, 1.82) is 0 Å². The fraction of sp³-hybridized carbons (Fsp3) is 0.190. The normalized spacial score (nSPS) is 11.4. The minimum Gasteiger partial charge on any atom is -0.493 e. The number of halogens is 1. The second-order valence-electron chi connectivity index (χ2n) is 6.21. The van der Waals surface area contributed by atoms with E-state index in [4.69, 9.17) is 14.2 Å². The monoisotopic (exact) mass is 445 g/mol. The molecule has 2 N–H and O–H groups in total. The van der Waals surface area contributed by atoms with E-state index < -0.39 is 23.7 Å². The van der Waals surface area contributed by atoms with Gasteiger partial charge in [0.25, 0.3) is 11.8 Å². The highest BCUT2D eigenvalue weighted by atomic mass is 32.1. The Morgan fingerprint density at radius 3 is 2.48 bits per heavy atom. The van der Waals surface area contributed by atoms with Crippen molar-refractivity contribution >= 4 is 23.2 Å². The fourth-order valence-corrected chi connectivity index (χ4v) is 3.45. The first kappa shape index (κ1) is 22.0. The average molecular weight is 445 g/mol. The maximum absolute atomic E-state index is 13.6. The van der Waals surface area contributed by atoms with Gasteiger partial charge in [-0.2, -0.15) is 0 Å². The van der Waals surface area contributed by atoms with Crippen LogP contribution in [0.4, 0.5) is 4.39 Å². The number of carbonyl (C=O) groups is 2. The first-order valence-electron chi connectivity index (χ1n) is 9.12. The number of amides is 2. The quantitative estimate of drug-likeness (QED) is 0.542. The summed E-state index contributed by atoms with van der Waals surface area (Å²) >= 11 is 1.24. The molecule has 0 unspecified atom stereocenters. The Kier molecular flexibility index (Phi) is 7.03. The molecule has 1 aromatic heterocycles. The molecule has 31 heavy (non-hydrogen) atoms. The number of nitrogens with one attached hydrogen (secondary N) is 2. The highest BCUT2D eigenvalue weighted by Gasteiger charge is 2.20. The number of carbonyl (C=O) groups excluding carboxylic acids is 2. The summed E-state index contributed by atoms with van der Waals surface area (Å²) in [6.45, 7) is 1.43. The predicted octanol–water partition coefficient (Wildman–Crippen LogP) is 3.19. The van der Waals surface area contributed by atoms with Gasteiger partial charge in [-0.05, 0) is 31.2 Å². The highest BCUT2D eigenvalue weighted by Crippen LogP contribution is 2.38. The topological polar surface area (TPSA) is 98.8 Å². The summed E-state index contributed by atoms with van der Waals surface area (Å²) in [5, 5.41) is 2.10. The van der Waals surface area contributed by atoms with Gasteiger partial charge in [0.2, 0.25) is 0 Å². The van der Waals surface area contributed by atoms with Gasteiger partial charge in [-0.3, -0.25) is 20.4 Å². The zero-order chi connectivity index (χ0) is 22.4. The van der Waals surface area contributed by atoms with Crippen molar-refractivity contribution in [3.63, 3.8) is 0 Å². The Labute approximate surface area is 181 Å². The van der Waals surface area contributed by atoms with Crippen molar-refractivity contribution in [2.24, 2.45) is 0 Å². The highest BCUT2D eigenvalue weighted by molar-refractivity contribution is 7.13. The van der Waals surface area contributed by atoms with Crippen LogP contribution in [0.1, 0.15) is 17.4 Å². The van der Waals surface area contributed by atoms with Crippen LogP contribution in [-0.2, 0) is 4.79 Å². The molecule has 0 fully saturated rings. The second kappa shape index (κ2) is 9.90. The number of hydrazine groups is 1. The van der Waals surface area contributed by atoms with Crippen LogP contribution in [0.2, 0.25) is 0 Å². The molecule has 10 heteroatoms. The number of methoxy groups -OCH3 is 2. The van der Waals surface area contributed by atoms with Crippen molar-refractivity contribution in [3.05, 3.63) is 59.4 Å². The molecule has 0 radical (unpaired) electrons. The zero-order valence-electron chi connectivity index (χ0n) is 17.0. The van der Waals surface area contributed by atoms with Crippen molar-refractivity contribution < 1.29 is 28.2 Å². The summed E-state index contributed by atoms with van der Waals surface area (Å²) in [5.41, 5.74) is 5.29. The minimum atomic E-state index is -1.04. The lowest BCUT2D eigenvalue weighted by Gasteiger charge is -2.15. The number of hydrogen-bond donors (Lipinski definition) is 2. The smallest absolute Gasteiger partial charge is 0.289 e. The third-order valence-electron chi connectivity index (χ3n) is 4.18. The lowest BCUT2D eigenvalue weighted by atomic mass is 10.2. The number of thiazole rings is 1. The number of para-hydroxylation sites is 2. The Bertz CT molecular complexity index is 1090. The summed E-state index contributed by atoms with van der Waals surface area (Å²) in [7, 11) is 3.05. The molecule has 2 amide bonds. The molecule has 162 valence electrons. The number of aromatic nitrogens is 1. The van der Waals surface area contributed by atoms with Crippen LogP contribution >= 0.6 is 11.3 Å². The molecule has 0 aliphatic rings. The minimum absolute atomic E-state index is 0.0622. The van der Waals surface area contributed by atoms with Crippen LogP contribution < -0.4 is 25.1 Å². The standard InChI is InChI=1S/C21H20FN3O5S/c1-12(30-16-9-5-4-8-14(16)22)19(26)24-25-20(27)15-11-31-21(23-15)13-7-6-10-17(28-2)18(13)29-3/h4-12H,1-3H3,(H,24,26)(H,25,27)/t12-/m0/s1. The largest absolute Gasteiger partial charge is 0.493 e. The molecular weight excluding hydrogens is 425 g/mol. The van der Waals surface area contributed by atoms with Crippen LogP contribution in [0.3, 0.4) is 0 Å². The molecule has 2 aromatic carbocycles. The molecule has 0 bridgehead atoms. The molecule has 8 nitrogen and oxygen atoms in total. The van der Waals surface area contributed by atoms with Gasteiger partial charge in [-0.15, -0.1) is 11.3 Å². The van der Waals surface area contributed by atoms with E-state index in [2.05, 4.69) is 15.8 Å². The maximum atomic E-state index is 13.6. The predicted molar refractivity (Wildman–Crippen MR) is 113 cm³/mol. The van der Waals surface area contributed by atoms with Crippen LogP contribution in [-0.4, -0.2) is 37.1 Å².